The lowest BCUT2D eigenvalue weighted by Gasteiger charge is -2.19. The van der Waals surface area contributed by atoms with E-state index in [9.17, 15) is 15.0 Å². The second kappa shape index (κ2) is 7.56. The number of halogens is 1. The van der Waals surface area contributed by atoms with Crippen molar-refractivity contribution in [2.45, 2.75) is 18.6 Å². The van der Waals surface area contributed by atoms with Gasteiger partial charge in [0.05, 0.1) is 28.0 Å². The summed E-state index contributed by atoms with van der Waals surface area (Å²) in [6.45, 7) is -0.241. The molecule has 112 valence electrons. The number of aliphatic hydroxyl groups excluding tert-OH is 2. The molecular formula is C15H16ClNO3S. The van der Waals surface area contributed by atoms with E-state index in [4.69, 9.17) is 11.6 Å². The van der Waals surface area contributed by atoms with E-state index in [1.807, 2.05) is 18.2 Å². The molecule has 2 aromatic rings. The van der Waals surface area contributed by atoms with Gasteiger partial charge in [-0.05, 0) is 24.1 Å². The van der Waals surface area contributed by atoms with Gasteiger partial charge in [0, 0.05) is 0 Å². The molecule has 0 bridgehead atoms. The Labute approximate surface area is 132 Å². The van der Waals surface area contributed by atoms with Gasteiger partial charge in [-0.1, -0.05) is 41.9 Å². The van der Waals surface area contributed by atoms with Crippen LogP contribution in [0.4, 0.5) is 0 Å². The fourth-order valence-corrected chi connectivity index (χ4v) is 2.90. The third-order valence-corrected chi connectivity index (χ3v) is 4.27. The van der Waals surface area contributed by atoms with Crippen molar-refractivity contribution in [3.8, 4) is 0 Å². The minimum Gasteiger partial charge on any atom is -0.394 e. The van der Waals surface area contributed by atoms with Gasteiger partial charge in [0.2, 0.25) is 0 Å². The molecule has 0 radical (unpaired) electrons. The summed E-state index contributed by atoms with van der Waals surface area (Å²) < 4.78 is 0.532. The minimum absolute atomic E-state index is 0.241. The second-order valence-electron chi connectivity index (χ2n) is 4.62. The van der Waals surface area contributed by atoms with Gasteiger partial charge in [-0.15, -0.1) is 11.3 Å². The molecule has 2 atom stereocenters. The standard InChI is InChI=1S/C15H16ClNO3S/c16-14-7-6-13(21-14)15(20)17-11(9-18)8-12(19)10-4-2-1-3-5-10/h1-7,11-12,18-19H,8-9H2,(H,17,20)/t11-,12+/m0/s1. The molecular weight excluding hydrogens is 310 g/mol. The molecule has 6 heteroatoms. The number of rotatable bonds is 6. The fraction of sp³-hybridized carbons (Fsp3) is 0.267. The molecule has 0 aliphatic rings. The molecule has 2 rings (SSSR count). The quantitative estimate of drug-likeness (QED) is 0.764. The Kier molecular flexibility index (Phi) is 5.76. The normalized spacial score (nSPS) is 13.7. The highest BCUT2D eigenvalue weighted by molar-refractivity contribution is 7.17. The molecule has 1 aromatic carbocycles. The largest absolute Gasteiger partial charge is 0.394 e. The van der Waals surface area contributed by atoms with Crippen molar-refractivity contribution in [1.29, 1.82) is 0 Å². The zero-order valence-corrected chi connectivity index (χ0v) is 12.8. The van der Waals surface area contributed by atoms with E-state index in [1.54, 1.807) is 24.3 Å². The molecule has 1 aromatic heterocycles. The number of hydrogen-bond acceptors (Lipinski definition) is 4. The maximum atomic E-state index is 12.0. The molecule has 0 unspecified atom stereocenters. The number of thiophene rings is 1. The number of hydrogen-bond donors (Lipinski definition) is 3. The molecule has 0 aliphatic heterocycles. The van der Waals surface area contributed by atoms with Crippen molar-refractivity contribution in [2.75, 3.05) is 6.61 Å². The van der Waals surface area contributed by atoms with Crippen molar-refractivity contribution in [3.63, 3.8) is 0 Å². The highest BCUT2D eigenvalue weighted by Gasteiger charge is 2.19. The third kappa shape index (κ3) is 4.54. The third-order valence-electron chi connectivity index (χ3n) is 3.04. The second-order valence-corrected chi connectivity index (χ2v) is 6.33. The average Bonchev–Trinajstić information content (AvgIpc) is 2.94. The Morgan fingerprint density at radius 1 is 1.24 bits per heavy atom. The molecule has 0 fully saturated rings. The van der Waals surface area contributed by atoms with Crippen LogP contribution in [0.5, 0.6) is 0 Å². The summed E-state index contributed by atoms with van der Waals surface area (Å²) in [6, 6.07) is 11.9. The first kappa shape index (κ1) is 16.0. The van der Waals surface area contributed by atoms with Crippen LogP contribution >= 0.6 is 22.9 Å². The van der Waals surface area contributed by atoms with E-state index in [0.717, 1.165) is 5.56 Å². The highest BCUT2D eigenvalue weighted by Crippen LogP contribution is 2.22. The smallest absolute Gasteiger partial charge is 0.261 e. The van der Waals surface area contributed by atoms with Crippen molar-refractivity contribution < 1.29 is 15.0 Å². The molecule has 21 heavy (non-hydrogen) atoms. The lowest BCUT2D eigenvalue weighted by molar-refractivity contribution is 0.0869. The van der Waals surface area contributed by atoms with Gasteiger partial charge in [-0.3, -0.25) is 4.79 Å². The highest BCUT2D eigenvalue weighted by atomic mass is 35.5. The summed E-state index contributed by atoms with van der Waals surface area (Å²) in [4.78, 5) is 12.5. The lowest BCUT2D eigenvalue weighted by Crippen LogP contribution is -2.38. The van der Waals surface area contributed by atoms with E-state index >= 15 is 0 Å². The monoisotopic (exact) mass is 325 g/mol. The first-order chi connectivity index (χ1) is 10.1. The van der Waals surface area contributed by atoms with Crippen LogP contribution in [0.15, 0.2) is 42.5 Å². The van der Waals surface area contributed by atoms with Crippen molar-refractivity contribution in [1.82, 2.24) is 5.32 Å². The fourth-order valence-electron chi connectivity index (χ4n) is 1.95. The first-order valence-electron chi connectivity index (χ1n) is 6.50. The molecule has 0 saturated carbocycles. The van der Waals surface area contributed by atoms with Crippen LogP contribution in [-0.2, 0) is 0 Å². The maximum Gasteiger partial charge on any atom is 0.261 e. The topological polar surface area (TPSA) is 69.6 Å². The lowest BCUT2D eigenvalue weighted by atomic mass is 10.0. The van der Waals surface area contributed by atoms with Crippen LogP contribution in [0.2, 0.25) is 4.34 Å². The number of nitrogens with one attached hydrogen (secondary N) is 1. The summed E-state index contributed by atoms with van der Waals surface area (Å²) in [5, 5.41) is 22.2. The Bertz CT molecular complexity index is 588. The first-order valence-corrected chi connectivity index (χ1v) is 7.69. The predicted octanol–water partition coefficient (Wildman–Crippen LogP) is 2.62. The van der Waals surface area contributed by atoms with E-state index in [0.29, 0.717) is 9.21 Å². The van der Waals surface area contributed by atoms with Crippen LogP contribution in [0, 0.1) is 0 Å². The number of amides is 1. The van der Waals surface area contributed by atoms with E-state index in [2.05, 4.69) is 5.32 Å². The van der Waals surface area contributed by atoms with Crippen LogP contribution in [0.25, 0.3) is 0 Å². The zero-order chi connectivity index (χ0) is 15.2. The molecule has 0 spiro atoms. The number of carbonyl (C=O) groups is 1. The van der Waals surface area contributed by atoms with Crippen LogP contribution in [-0.4, -0.2) is 28.8 Å². The Morgan fingerprint density at radius 2 is 1.95 bits per heavy atom. The molecule has 0 aliphatic carbocycles. The molecule has 1 amide bonds. The summed E-state index contributed by atoms with van der Waals surface area (Å²) in [5.41, 5.74) is 0.754. The number of benzene rings is 1. The summed E-state index contributed by atoms with van der Waals surface area (Å²) in [6.07, 6.45) is -0.499. The molecule has 4 nitrogen and oxygen atoms in total. The minimum atomic E-state index is -0.740. The van der Waals surface area contributed by atoms with Gasteiger partial charge in [-0.2, -0.15) is 0 Å². The number of aliphatic hydroxyl groups is 2. The van der Waals surface area contributed by atoms with Gasteiger partial charge in [0.1, 0.15) is 0 Å². The van der Waals surface area contributed by atoms with Crippen LogP contribution < -0.4 is 5.32 Å². The van der Waals surface area contributed by atoms with E-state index in [1.165, 1.54) is 11.3 Å². The van der Waals surface area contributed by atoms with Crippen LogP contribution in [0.3, 0.4) is 0 Å². The Hall–Kier alpha value is -1.40. The number of carbonyl (C=O) groups excluding carboxylic acids is 1. The average molecular weight is 326 g/mol. The van der Waals surface area contributed by atoms with Gasteiger partial charge in [0.25, 0.3) is 5.91 Å². The van der Waals surface area contributed by atoms with Gasteiger partial charge in [0.15, 0.2) is 0 Å². The van der Waals surface area contributed by atoms with E-state index in [-0.39, 0.29) is 18.9 Å². The molecule has 1 heterocycles. The van der Waals surface area contributed by atoms with E-state index < -0.39 is 12.1 Å². The van der Waals surface area contributed by atoms with Gasteiger partial charge >= 0.3 is 0 Å². The van der Waals surface area contributed by atoms with Gasteiger partial charge < -0.3 is 15.5 Å². The van der Waals surface area contributed by atoms with Crippen molar-refractivity contribution in [3.05, 3.63) is 57.2 Å². The van der Waals surface area contributed by atoms with Crippen molar-refractivity contribution in [2.24, 2.45) is 0 Å². The molecule has 3 N–H and O–H groups in total. The Morgan fingerprint density at radius 3 is 2.52 bits per heavy atom. The maximum absolute atomic E-state index is 12.0. The summed E-state index contributed by atoms with van der Waals surface area (Å²) in [5.74, 6) is -0.300. The van der Waals surface area contributed by atoms with Crippen LogP contribution in [0.1, 0.15) is 27.8 Å². The van der Waals surface area contributed by atoms with Crippen molar-refractivity contribution >= 4 is 28.8 Å². The van der Waals surface area contributed by atoms with Gasteiger partial charge in [-0.25, -0.2) is 0 Å². The SMILES string of the molecule is O=C(N[C@H](CO)C[C@@H](O)c1ccccc1)c1ccc(Cl)s1. The summed E-state index contributed by atoms with van der Waals surface area (Å²) >= 11 is 6.96. The molecule has 0 saturated heterocycles. The summed E-state index contributed by atoms with van der Waals surface area (Å²) in [7, 11) is 0. The predicted molar refractivity (Wildman–Crippen MR) is 83.7 cm³/mol. The zero-order valence-electron chi connectivity index (χ0n) is 11.2. The Balaban J connectivity index is 1.95.